The quantitative estimate of drug-likeness (QED) is 0.910. The molecule has 0 saturated heterocycles. The van der Waals surface area contributed by atoms with Crippen LogP contribution >= 0.6 is 0 Å². The van der Waals surface area contributed by atoms with E-state index < -0.39 is 0 Å². The van der Waals surface area contributed by atoms with Gasteiger partial charge in [0.1, 0.15) is 5.75 Å². The molecule has 1 aromatic heterocycles. The van der Waals surface area contributed by atoms with Crippen LogP contribution in [0.15, 0.2) is 42.6 Å². The molecule has 1 aromatic carbocycles. The van der Waals surface area contributed by atoms with Crippen molar-refractivity contribution >= 4 is 0 Å². The van der Waals surface area contributed by atoms with E-state index in [-0.39, 0.29) is 0 Å². The first-order valence-corrected chi connectivity index (χ1v) is 6.67. The van der Waals surface area contributed by atoms with Crippen molar-refractivity contribution in [2.75, 3.05) is 13.2 Å². The number of para-hydroxylation sites is 1. The van der Waals surface area contributed by atoms with E-state index in [1.807, 2.05) is 18.3 Å². The predicted octanol–water partition coefficient (Wildman–Crippen LogP) is 2.66. The smallest absolute Gasteiger partial charge is 0.122 e. The summed E-state index contributed by atoms with van der Waals surface area (Å²) in [6, 6.07) is 12.4. The van der Waals surface area contributed by atoms with Crippen LogP contribution < -0.4 is 10.1 Å². The Morgan fingerprint density at radius 3 is 3.00 bits per heavy atom. The van der Waals surface area contributed by atoms with Crippen LogP contribution in [0.5, 0.6) is 5.75 Å². The topological polar surface area (TPSA) is 34.1 Å². The largest absolute Gasteiger partial charge is 0.493 e. The molecule has 3 heteroatoms. The summed E-state index contributed by atoms with van der Waals surface area (Å²) in [4.78, 5) is 4.39. The van der Waals surface area contributed by atoms with Crippen molar-refractivity contribution in [1.82, 2.24) is 10.3 Å². The van der Waals surface area contributed by atoms with Crippen LogP contribution in [-0.4, -0.2) is 18.1 Å². The van der Waals surface area contributed by atoms with E-state index in [0.717, 1.165) is 31.1 Å². The molecular formula is C16H18N2O. The Bertz CT molecular complexity index is 551. The normalized spacial score (nSPS) is 17.0. The van der Waals surface area contributed by atoms with Gasteiger partial charge in [-0.1, -0.05) is 24.3 Å². The summed E-state index contributed by atoms with van der Waals surface area (Å²) in [5, 5.41) is 3.46. The monoisotopic (exact) mass is 254 g/mol. The molecule has 3 nitrogen and oxygen atoms in total. The second-order valence-electron chi connectivity index (χ2n) is 5.00. The Hall–Kier alpha value is -1.87. The molecule has 2 heterocycles. The number of rotatable bonds is 4. The Kier molecular flexibility index (Phi) is 3.47. The van der Waals surface area contributed by atoms with Gasteiger partial charge >= 0.3 is 0 Å². The lowest BCUT2D eigenvalue weighted by Crippen LogP contribution is -2.22. The van der Waals surface area contributed by atoms with Gasteiger partial charge in [-0.05, 0) is 24.6 Å². The SMILES string of the molecule is Cc1ccc(CNCC2COc3ccccc32)nc1. The fraction of sp³-hybridized carbons (Fsp3) is 0.312. The number of hydrogen-bond acceptors (Lipinski definition) is 3. The van der Waals surface area contributed by atoms with Crippen molar-refractivity contribution in [1.29, 1.82) is 0 Å². The molecule has 3 rings (SSSR count). The van der Waals surface area contributed by atoms with E-state index in [9.17, 15) is 0 Å². The van der Waals surface area contributed by atoms with Crippen molar-refractivity contribution in [2.24, 2.45) is 0 Å². The van der Waals surface area contributed by atoms with Crippen LogP contribution in [0.1, 0.15) is 22.7 Å². The molecule has 0 spiro atoms. The number of aromatic nitrogens is 1. The van der Waals surface area contributed by atoms with Crippen LogP contribution in [-0.2, 0) is 6.54 Å². The third-order valence-electron chi connectivity index (χ3n) is 3.47. The van der Waals surface area contributed by atoms with Crippen molar-refractivity contribution in [3.05, 3.63) is 59.4 Å². The fourth-order valence-corrected chi connectivity index (χ4v) is 2.38. The van der Waals surface area contributed by atoms with Crippen molar-refractivity contribution in [3.8, 4) is 5.75 Å². The maximum atomic E-state index is 5.67. The molecule has 0 amide bonds. The van der Waals surface area contributed by atoms with Crippen molar-refractivity contribution in [3.63, 3.8) is 0 Å². The molecule has 0 aliphatic carbocycles. The Morgan fingerprint density at radius 1 is 1.26 bits per heavy atom. The molecular weight excluding hydrogens is 236 g/mol. The number of fused-ring (bicyclic) bond motifs is 1. The van der Waals surface area contributed by atoms with Crippen molar-refractivity contribution < 1.29 is 4.74 Å². The Labute approximate surface area is 113 Å². The van der Waals surface area contributed by atoms with E-state index in [1.54, 1.807) is 0 Å². The van der Waals surface area contributed by atoms with Gasteiger partial charge in [0.15, 0.2) is 0 Å². The number of ether oxygens (including phenoxy) is 1. The number of benzene rings is 1. The summed E-state index contributed by atoms with van der Waals surface area (Å²) in [5.41, 5.74) is 3.59. The lowest BCUT2D eigenvalue weighted by Gasteiger charge is -2.10. The maximum absolute atomic E-state index is 5.67. The van der Waals surface area contributed by atoms with E-state index in [2.05, 4.69) is 41.5 Å². The minimum absolute atomic E-state index is 0.446. The number of pyridine rings is 1. The molecule has 0 bridgehead atoms. The molecule has 0 radical (unpaired) electrons. The first-order chi connectivity index (χ1) is 9.33. The zero-order chi connectivity index (χ0) is 13.1. The summed E-state index contributed by atoms with van der Waals surface area (Å²) in [6.45, 7) is 4.55. The molecule has 0 saturated carbocycles. The summed E-state index contributed by atoms with van der Waals surface area (Å²) in [6.07, 6.45) is 1.91. The molecule has 1 aliphatic heterocycles. The lowest BCUT2D eigenvalue weighted by molar-refractivity contribution is 0.326. The summed E-state index contributed by atoms with van der Waals surface area (Å²) in [7, 11) is 0. The zero-order valence-electron chi connectivity index (χ0n) is 11.1. The molecule has 1 unspecified atom stereocenters. The Morgan fingerprint density at radius 2 is 2.16 bits per heavy atom. The minimum Gasteiger partial charge on any atom is -0.493 e. The van der Waals surface area contributed by atoms with Gasteiger partial charge in [-0.2, -0.15) is 0 Å². The molecule has 1 N–H and O–H groups in total. The van der Waals surface area contributed by atoms with Crippen LogP contribution in [0, 0.1) is 6.92 Å². The molecule has 2 aromatic rings. The molecule has 1 aliphatic rings. The first-order valence-electron chi connectivity index (χ1n) is 6.67. The highest BCUT2D eigenvalue weighted by Crippen LogP contribution is 2.32. The van der Waals surface area contributed by atoms with Gasteiger partial charge < -0.3 is 10.1 Å². The number of hydrogen-bond donors (Lipinski definition) is 1. The minimum atomic E-state index is 0.446. The maximum Gasteiger partial charge on any atom is 0.122 e. The Balaban J connectivity index is 1.55. The van der Waals surface area contributed by atoms with E-state index in [0.29, 0.717) is 5.92 Å². The first kappa shape index (κ1) is 12.2. The third-order valence-corrected chi connectivity index (χ3v) is 3.47. The predicted molar refractivity (Wildman–Crippen MR) is 75.4 cm³/mol. The fourth-order valence-electron chi connectivity index (χ4n) is 2.38. The van der Waals surface area contributed by atoms with Gasteiger partial charge in [-0.25, -0.2) is 0 Å². The highest BCUT2D eigenvalue weighted by molar-refractivity contribution is 5.39. The zero-order valence-corrected chi connectivity index (χ0v) is 11.1. The summed E-state index contributed by atoms with van der Waals surface area (Å²) < 4.78 is 5.67. The van der Waals surface area contributed by atoms with Gasteiger partial charge in [0, 0.05) is 30.8 Å². The number of nitrogens with zero attached hydrogens (tertiary/aromatic N) is 1. The average Bonchev–Trinajstić information content (AvgIpc) is 2.85. The van der Waals surface area contributed by atoms with Gasteiger partial charge in [-0.15, -0.1) is 0 Å². The van der Waals surface area contributed by atoms with E-state index in [1.165, 1.54) is 11.1 Å². The van der Waals surface area contributed by atoms with Gasteiger partial charge in [0.05, 0.1) is 12.3 Å². The van der Waals surface area contributed by atoms with Crippen LogP contribution in [0.4, 0.5) is 0 Å². The van der Waals surface area contributed by atoms with E-state index >= 15 is 0 Å². The molecule has 0 fully saturated rings. The van der Waals surface area contributed by atoms with Crippen LogP contribution in [0.2, 0.25) is 0 Å². The van der Waals surface area contributed by atoms with Gasteiger partial charge in [-0.3, -0.25) is 4.98 Å². The summed E-state index contributed by atoms with van der Waals surface area (Å²) >= 11 is 0. The van der Waals surface area contributed by atoms with Crippen LogP contribution in [0.3, 0.4) is 0 Å². The molecule has 1 atom stereocenters. The van der Waals surface area contributed by atoms with Gasteiger partial charge in [0.2, 0.25) is 0 Å². The lowest BCUT2D eigenvalue weighted by atomic mass is 10.0. The second-order valence-corrected chi connectivity index (χ2v) is 5.00. The number of aryl methyl sites for hydroxylation is 1. The molecule has 98 valence electrons. The number of nitrogens with one attached hydrogen (secondary N) is 1. The molecule has 19 heavy (non-hydrogen) atoms. The highest BCUT2D eigenvalue weighted by atomic mass is 16.5. The van der Waals surface area contributed by atoms with Gasteiger partial charge in [0.25, 0.3) is 0 Å². The van der Waals surface area contributed by atoms with Crippen molar-refractivity contribution in [2.45, 2.75) is 19.4 Å². The third kappa shape index (κ3) is 2.76. The highest BCUT2D eigenvalue weighted by Gasteiger charge is 2.22. The van der Waals surface area contributed by atoms with E-state index in [4.69, 9.17) is 4.74 Å². The van der Waals surface area contributed by atoms with Crippen LogP contribution in [0.25, 0.3) is 0 Å². The standard InChI is InChI=1S/C16H18N2O/c1-12-6-7-14(18-8-12)10-17-9-13-11-19-16-5-3-2-4-15(13)16/h2-8,13,17H,9-11H2,1H3. The average molecular weight is 254 g/mol. The summed E-state index contributed by atoms with van der Waals surface area (Å²) in [5.74, 6) is 1.48. The second kappa shape index (κ2) is 5.41.